The minimum absolute atomic E-state index is 0.387. The quantitative estimate of drug-likeness (QED) is 0.806. The molecule has 0 aliphatic heterocycles. The summed E-state index contributed by atoms with van der Waals surface area (Å²) in [5.41, 5.74) is 1.22. The highest BCUT2D eigenvalue weighted by Crippen LogP contribution is 2.21. The summed E-state index contributed by atoms with van der Waals surface area (Å²) in [7, 11) is 3.77. The number of nitrogens with zero attached hydrogens (tertiary/aromatic N) is 2. The highest BCUT2D eigenvalue weighted by Gasteiger charge is 2.26. The fourth-order valence-corrected chi connectivity index (χ4v) is 2.25. The molecule has 1 saturated carbocycles. The van der Waals surface area contributed by atoms with Crippen molar-refractivity contribution >= 4 is 0 Å². The second-order valence-corrected chi connectivity index (χ2v) is 4.14. The molecule has 4 nitrogen and oxygen atoms in total. The lowest BCUT2D eigenvalue weighted by Gasteiger charge is -2.19. The Morgan fingerprint density at radius 2 is 2.47 bits per heavy atom. The molecule has 0 aromatic carbocycles. The maximum absolute atomic E-state index is 5.44. The zero-order valence-electron chi connectivity index (χ0n) is 9.44. The summed E-state index contributed by atoms with van der Waals surface area (Å²) in [6.07, 6.45) is 5.88. The van der Waals surface area contributed by atoms with E-state index in [4.69, 9.17) is 4.74 Å². The summed E-state index contributed by atoms with van der Waals surface area (Å²) in [6, 6.07) is 2.55. The standard InChI is InChI=1S/C11H19N3O/c1-14-9(6-7-13-14)8-12-10-4-3-5-11(10)15-2/h6-7,10-12H,3-5,8H2,1-2H3. The molecular weight excluding hydrogens is 190 g/mol. The van der Waals surface area contributed by atoms with Gasteiger partial charge in [0.05, 0.1) is 11.8 Å². The Balaban J connectivity index is 1.85. The van der Waals surface area contributed by atoms with Crippen molar-refractivity contribution < 1.29 is 4.74 Å². The minimum Gasteiger partial charge on any atom is -0.380 e. The van der Waals surface area contributed by atoms with E-state index in [0.29, 0.717) is 12.1 Å². The molecule has 2 unspecified atom stereocenters. The lowest BCUT2D eigenvalue weighted by atomic mass is 10.2. The van der Waals surface area contributed by atoms with Gasteiger partial charge in [0, 0.05) is 32.9 Å². The Bertz CT molecular complexity index is 311. The van der Waals surface area contributed by atoms with Crippen LogP contribution in [0.1, 0.15) is 25.0 Å². The first-order valence-electron chi connectivity index (χ1n) is 5.54. The van der Waals surface area contributed by atoms with Crippen molar-refractivity contribution in [2.75, 3.05) is 7.11 Å². The van der Waals surface area contributed by atoms with Crippen LogP contribution in [0.5, 0.6) is 0 Å². The van der Waals surface area contributed by atoms with Crippen LogP contribution in [0.25, 0.3) is 0 Å². The van der Waals surface area contributed by atoms with Crippen LogP contribution >= 0.6 is 0 Å². The molecule has 1 aliphatic carbocycles. The molecule has 1 N–H and O–H groups in total. The highest BCUT2D eigenvalue weighted by molar-refractivity contribution is 5.00. The van der Waals surface area contributed by atoms with E-state index in [0.717, 1.165) is 6.54 Å². The van der Waals surface area contributed by atoms with Crippen LogP contribution in [0.4, 0.5) is 0 Å². The van der Waals surface area contributed by atoms with E-state index >= 15 is 0 Å². The van der Waals surface area contributed by atoms with Gasteiger partial charge in [-0.1, -0.05) is 0 Å². The summed E-state index contributed by atoms with van der Waals surface area (Å²) >= 11 is 0. The second kappa shape index (κ2) is 4.77. The van der Waals surface area contributed by atoms with Crippen molar-refractivity contribution in [3.8, 4) is 0 Å². The minimum atomic E-state index is 0.387. The van der Waals surface area contributed by atoms with Crippen LogP contribution < -0.4 is 5.32 Å². The fraction of sp³-hybridized carbons (Fsp3) is 0.727. The first-order valence-corrected chi connectivity index (χ1v) is 5.54. The Kier molecular flexibility index (Phi) is 3.38. The van der Waals surface area contributed by atoms with Gasteiger partial charge in [-0.05, 0) is 25.3 Å². The molecule has 1 aromatic heterocycles. The van der Waals surface area contributed by atoms with Gasteiger partial charge in [-0.3, -0.25) is 4.68 Å². The molecule has 0 amide bonds. The van der Waals surface area contributed by atoms with Crippen molar-refractivity contribution in [2.45, 2.75) is 38.0 Å². The van der Waals surface area contributed by atoms with Crippen molar-refractivity contribution in [2.24, 2.45) is 7.05 Å². The molecule has 2 atom stereocenters. The van der Waals surface area contributed by atoms with E-state index in [1.54, 1.807) is 7.11 Å². The molecule has 4 heteroatoms. The molecule has 1 aromatic rings. The monoisotopic (exact) mass is 209 g/mol. The van der Waals surface area contributed by atoms with Crippen molar-refractivity contribution in [1.29, 1.82) is 0 Å². The van der Waals surface area contributed by atoms with Crippen LogP contribution in [-0.4, -0.2) is 29.0 Å². The summed E-state index contributed by atoms with van der Waals surface area (Å²) in [6.45, 7) is 0.876. The van der Waals surface area contributed by atoms with E-state index in [-0.39, 0.29) is 0 Å². The Morgan fingerprint density at radius 3 is 3.13 bits per heavy atom. The van der Waals surface area contributed by atoms with Crippen LogP contribution in [-0.2, 0) is 18.3 Å². The van der Waals surface area contributed by atoms with E-state index in [1.165, 1.54) is 25.0 Å². The maximum Gasteiger partial charge on any atom is 0.0724 e. The zero-order chi connectivity index (χ0) is 10.7. The number of methoxy groups -OCH3 is 1. The predicted octanol–water partition coefficient (Wildman–Crippen LogP) is 1.08. The van der Waals surface area contributed by atoms with Gasteiger partial charge in [0.2, 0.25) is 0 Å². The van der Waals surface area contributed by atoms with E-state index < -0.39 is 0 Å². The Hall–Kier alpha value is -0.870. The average Bonchev–Trinajstić information content (AvgIpc) is 2.83. The molecule has 1 heterocycles. The van der Waals surface area contributed by atoms with Gasteiger partial charge >= 0.3 is 0 Å². The number of aryl methyl sites for hydroxylation is 1. The van der Waals surface area contributed by atoms with Crippen molar-refractivity contribution in [1.82, 2.24) is 15.1 Å². The maximum atomic E-state index is 5.44. The normalized spacial score (nSPS) is 26.0. The third-order valence-corrected chi connectivity index (χ3v) is 3.22. The molecule has 2 rings (SSSR count). The number of aromatic nitrogens is 2. The first-order chi connectivity index (χ1) is 7.31. The van der Waals surface area contributed by atoms with E-state index in [9.17, 15) is 0 Å². The third kappa shape index (κ3) is 2.38. The number of ether oxygens (including phenoxy) is 1. The van der Waals surface area contributed by atoms with Gasteiger partial charge in [0.1, 0.15) is 0 Å². The Labute approximate surface area is 90.6 Å². The predicted molar refractivity (Wildman–Crippen MR) is 58.5 cm³/mol. The highest BCUT2D eigenvalue weighted by atomic mass is 16.5. The molecule has 0 bridgehead atoms. The fourth-order valence-electron chi connectivity index (χ4n) is 2.25. The molecular formula is C11H19N3O. The average molecular weight is 209 g/mol. The number of rotatable bonds is 4. The van der Waals surface area contributed by atoms with E-state index in [2.05, 4.69) is 10.4 Å². The second-order valence-electron chi connectivity index (χ2n) is 4.14. The third-order valence-electron chi connectivity index (χ3n) is 3.22. The van der Waals surface area contributed by atoms with Crippen molar-refractivity contribution in [3.05, 3.63) is 18.0 Å². The lowest BCUT2D eigenvalue weighted by Crippen LogP contribution is -2.36. The van der Waals surface area contributed by atoms with Crippen molar-refractivity contribution in [3.63, 3.8) is 0 Å². The van der Waals surface area contributed by atoms with Gasteiger partial charge in [0.25, 0.3) is 0 Å². The van der Waals surface area contributed by atoms with Gasteiger partial charge in [0.15, 0.2) is 0 Å². The topological polar surface area (TPSA) is 39.1 Å². The smallest absolute Gasteiger partial charge is 0.0724 e. The van der Waals surface area contributed by atoms with Crippen LogP contribution in [0.15, 0.2) is 12.3 Å². The molecule has 84 valence electrons. The zero-order valence-corrected chi connectivity index (χ0v) is 9.44. The summed E-state index contributed by atoms with van der Waals surface area (Å²) in [4.78, 5) is 0. The number of nitrogens with one attached hydrogen (secondary N) is 1. The summed E-state index contributed by atoms with van der Waals surface area (Å²) in [5, 5.41) is 7.69. The van der Waals surface area contributed by atoms with Crippen LogP contribution in [0.3, 0.4) is 0 Å². The van der Waals surface area contributed by atoms with Crippen LogP contribution in [0.2, 0.25) is 0 Å². The van der Waals surface area contributed by atoms with Gasteiger partial charge in [-0.2, -0.15) is 5.10 Å². The molecule has 0 spiro atoms. The van der Waals surface area contributed by atoms with E-state index in [1.807, 2.05) is 24.0 Å². The molecule has 0 radical (unpaired) electrons. The summed E-state index contributed by atoms with van der Waals surface area (Å²) in [5.74, 6) is 0. The van der Waals surface area contributed by atoms with Gasteiger partial charge < -0.3 is 10.1 Å². The molecule has 15 heavy (non-hydrogen) atoms. The van der Waals surface area contributed by atoms with Gasteiger partial charge in [-0.25, -0.2) is 0 Å². The lowest BCUT2D eigenvalue weighted by molar-refractivity contribution is 0.0845. The SMILES string of the molecule is COC1CCCC1NCc1ccnn1C. The van der Waals surface area contributed by atoms with Crippen LogP contribution in [0, 0.1) is 0 Å². The summed E-state index contributed by atoms with van der Waals surface area (Å²) < 4.78 is 7.35. The molecule has 0 saturated heterocycles. The number of hydrogen-bond acceptors (Lipinski definition) is 3. The van der Waals surface area contributed by atoms with Gasteiger partial charge in [-0.15, -0.1) is 0 Å². The number of hydrogen-bond donors (Lipinski definition) is 1. The Morgan fingerprint density at radius 1 is 1.60 bits per heavy atom. The molecule has 1 fully saturated rings. The first kappa shape index (κ1) is 10.6. The largest absolute Gasteiger partial charge is 0.380 e. The molecule has 1 aliphatic rings.